The molecule has 1 rings (SSSR count). The number of nitrogens with zero attached hydrogens (tertiary/aromatic N) is 1. The van der Waals surface area contributed by atoms with E-state index in [1.165, 1.54) is 5.56 Å². The summed E-state index contributed by atoms with van der Waals surface area (Å²) in [4.78, 5) is 4.74. The lowest BCUT2D eigenvalue weighted by molar-refractivity contribution is 0.128. The van der Waals surface area contributed by atoms with E-state index in [9.17, 15) is 0 Å². The molecule has 0 saturated heterocycles. The monoisotopic (exact) mass is 293 g/mol. The maximum Gasteiger partial charge on any atom is 0.126 e. The summed E-state index contributed by atoms with van der Waals surface area (Å²) in [5.41, 5.74) is 2.44. The maximum atomic E-state index is 5.28. The Morgan fingerprint density at radius 2 is 2.00 bits per heavy atom. The minimum absolute atomic E-state index is 0.0457. The van der Waals surface area contributed by atoms with Crippen LogP contribution in [-0.2, 0) is 16.7 Å². The average molecular weight is 293 g/mol. The van der Waals surface area contributed by atoms with Crippen molar-refractivity contribution >= 4 is 5.82 Å². The van der Waals surface area contributed by atoms with Crippen LogP contribution in [0.5, 0.6) is 0 Å². The van der Waals surface area contributed by atoms with Crippen LogP contribution in [0.3, 0.4) is 0 Å². The lowest BCUT2D eigenvalue weighted by atomic mass is 9.90. The molecule has 1 aromatic rings. The van der Waals surface area contributed by atoms with Gasteiger partial charge >= 0.3 is 0 Å². The van der Waals surface area contributed by atoms with Crippen LogP contribution >= 0.6 is 0 Å². The summed E-state index contributed by atoms with van der Waals surface area (Å²) in [5, 5.41) is 6.83. The number of pyridine rings is 1. The first-order chi connectivity index (χ1) is 9.86. The van der Waals surface area contributed by atoms with Gasteiger partial charge < -0.3 is 15.4 Å². The summed E-state index contributed by atoms with van der Waals surface area (Å²) in [6.45, 7) is 13.5. The minimum atomic E-state index is 0.0457. The predicted molar refractivity (Wildman–Crippen MR) is 89.9 cm³/mol. The second-order valence-electron chi connectivity index (χ2n) is 6.60. The fraction of sp³-hybridized carbons (Fsp3) is 0.706. The van der Waals surface area contributed by atoms with Gasteiger partial charge in [0.05, 0.1) is 6.10 Å². The molecule has 0 aliphatic carbocycles. The van der Waals surface area contributed by atoms with E-state index < -0.39 is 0 Å². The highest BCUT2D eigenvalue weighted by Gasteiger charge is 2.17. The number of rotatable bonds is 8. The van der Waals surface area contributed by atoms with E-state index >= 15 is 0 Å². The highest BCUT2D eigenvalue weighted by atomic mass is 16.5. The number of hydrogen-bond donors (Lipinski definition) is 2. The van der Waals surface area contributed by atoms with Crippen LogP contribution in [0, 0.1) is 0 Å². The molecule has 0 aromatic carbocycles. The summed E-state index contributed by atoms with van der Waals surface area (Å²) >= 11 is 0. The van der Waals surface area contributed by atoms with Gasteiger partial charge in [-0.15, -0.1) is 0 Å². The molecule has 1 unspecified atom stereocenters. The fourth-order valence-electron chi connectivity index (χ4n) is 1.91. The Labute approximate surface area is 129 Å². The van der Waals surface area contributed by atoms with Crippen molar-refractivity contribution in [3.63, 3.8) is 0 Å². The summed E-state index contributed by atoms with van der Waals surface area (Å²) in [7, 11) is 1.73. The van der Waals surface area contributed by atoms with Crippen molar-refractivity contribution in [2.24, 2.45) is 0 Å². The largest absolute Gasteiger partial charge is 0.380 e. The number of anilines is 1. The molecule has 2 N–H and O–H groups in total. The van der Waals surface area contributed by atoms with Crippen molar-refractivity contribution in [2.45, 2.75) is 59.1 Å². The second-order valence-corrected chi connectivity index (χ2v) is 6.60. The smallest absolute Gasteiger partial charge is 0.126 e. The highest BCUT2D eigenvalue weighted by molar-refractivity contribution is 5.41. The zero-order valence-electron chi connectivity index (χ0n) is 14.4. The van der Waals surface area contributed by atoms with Crippen LogP contribution in [0.25, 0.3) is 0 Å². The van der Waals surface area contributed by atoms with Crippen molar-refractivity contribution in [3.8, 4) is 0 Å². The van der Waals surface area contributed by atoms with Crippen LogP contribution in [0.1, 0.15) is 52.3 Å². The molecule has 1 atom stereocenters. The average Bonchev–Trinajstić information content (AvgIpc) is 2.44. The van der Waals surface area contributed by atoms with Crippen molar-refractivity contribution in [1.29, 1.82) is 0 Å². The first-order valence-electron chi connectivity index (χ1n) is 7.85. The SMILES string of the molecule is CCCNCc1cc(NCC(C)OC)nc(C(C)(C)C)c1. The van der Waals surface area contributed by atoms with Gasteiger partial charge in [-0.3, -0.25) is 0 Å². The van der Waals surface area contributed by atoms with E-state index in [0.717, 1.165) is 37.6 Å². The van der Waals surface area contributed by atoms with Crippen molar-refractivity contribution in [1.82, 2.24) is 10.3 Å². The summed E-state index contributed by atoms with van der Waals surface area (Å²) < 4.78 is 5.28. The molecule has 4 nitrogen and oxygen atoms in total. The van der Waals surface area contributed by atoms with Crippen molar-refractivity contribution < 1.29 is 4.74 Å². The van der Waals surface area contributed by atoms with E-state index in [4.69, 9.17) is 9.72 Å². The molecule has 0 radical (unpaired) electrons. The quantitative estimate of drug-likeness (QED) is 0.722. The molecule has 4 heteroatoms. The number of methoxy groups -OCH3 is 1. The van der Waals surface area contributed by atoms with Gasteiger partial charge in [-0.25, -0.2) is 4.98 Å². The summed E-state index contributed by atoms with van der Waals surface area (Å²) in [6.07, 6.45) is 1.32. The van der Waals surface area contributed by atoms with Gasteiger partial charge in [-0.1, -0.05) is 27.7 Å². The molecule has 0 fully saturated rings. The molecule has 0 saturated carbocycles. The Bertz CT molecular complexity index is 427. The molecule has 0 aliphatic rings. The molecule has 1 heterocycles. The molecular weight excluding hydrogens is 262 g/mol. The van der Waals surface area contributed by atoms with Gasteiger partial charge in [0, 0.05) is 31.3 Å². The summed E-state index contributed by atoms with van der Waals surface area (Å²) in [5.74, 6) is 0.930. The molecule has 0 amide bonds. The van der Waals surface area contributed by atoms with E-state index in [-0.39, 0.29) is 11.5 Å². The van der Waals surface area contributed by atoms with E-state index in [0.29, 0.717) is 0 Å². The second kappa shape index (κ2) is 8.35. The van der Waals surface area contributed by atoms with Gasteiger partial charge in [0.1, 0.15) is 5.82 Å². The first kappa shape index (κ1) is 17.9. The topological polar surface area (TPSA) is 46.2 Å². The van der Waals surface area contributed by atoms with Gasteiger partial charge in [0.25, 0.3) is 0 Å². The molecule has 120 valence electrons. The van der Waals surface area contributed by atoms with Crippen molar-refractivity contribution in [2.75, 3.05) is 25.5 Å². The third kappa shape index (κ3) is 6.44. The lowest BCUT2D eigenvalue weighted by Crippen LogP contribution is -2.21. The van der Waals surface area contributed by atoms with Crippen molar-refractivity contribution in [3.05, 3.63) is 23.4 Å². The Hall–Kier alpha value is -1.13. The number of hydrogen-bond acceptors (Lipinski definition) is 4. The first-order valence-corrected chi connectivity index (χ1v) is 7.85. The van der Waals surface area contributed by atoms with E-state index in [2.05, 4.69) is 50.5 Å². The van der Waals surface area contributed by atoms with Gasteiger partial charge in [0.15, 0.2) is 0 Å². The molecule has 1 aromatic heterocycles. The predicted octanol–water partition coefficient (Wildman–Crippen LogP) is 3.33. The van der Waals surface area contributed by atoms with Crippen LogP contribution in [0.2, 0.25) is 0 Å². The van der Waals surface area contributed by atoms with Crippen LogP contribution in [-0.4, -0.2) is 31.3 Å². The molecule has 21 heavy (non-hydrogen) atoms. The number of nitrogens with one attached hydrogen (secondary N) is 2. The Kier molecular flexibility index (Phi) is 7.12. The third-order valence-electron chi connectivity index (χ3n) is 3.38. The number of aromatic nitrogens is 1. The van der Waals surface area contributed by atoms with Crippen LogP contribution in [0.15, 0.2) is 12.1 Å². The zero-order valence-corrected chi connectivity index (χ0v) is 14.4. The zero-order chi connectivity index (χ0) is 15.9. The Morgan fingerprint density at radius 3 is 2.57 bits per heavy atom. The normalized spacial score (nSPS) is 13.2. The standard InChI is InChI=1S/C17H31N3O/c1-7-8-18-12-14-9-15(17(3,4)5)20-16(10-14)19-11-13(2)21-6/h9-10,13,18H,7-8,11-12H2,1-6H3,(H,19,20). The van der Waals surface area contributed by atoms with E-state index in [1.54, 1.807) is 7.11 Å². The fourth-order valence-corrected chi connectivity index (χ4v) is 1.91. The van der Waals surface area contributed by atoms with Gasteiger partial charge in [-0.05, 0) is 37.6 Å². The molecule has 0 aliphatic heterocycles. The van der Waals surface area contributed by atoms with E-state index in [1.807, 2.05) is 6.92 Å². The van der Waals surface area contributed by atoms with Crippen LogP contribution < -0.4 is 10.6 Å². The maximum absolute atomic E-state index is 5.28. The van der Waals surface area contributed by atoms with Crippen LogP contribution in [0.4, 0.5) is 5.82 Å². The molecular formula is C17H31N3O. The highest BCUT2D eigenvalue weighted by Crippen LogP contribution is 2.23. The molecule has 0 spiro atoms. The molecule has 0 bridgehead atoms. The van der Waals surface area contributed by atoms with Gasteiger partial charge in [-0.2, -0.15) is 0 Å². The lowest BCUT2D eigenvalue weighted by Gasteiger charge is -2.21. The Morgan fingerprint density at radius 1 is 1.29 bits per heavy atom. The minimum Gasteiger partial charge on any atom is -0.380 e. The third-order valence-corrected chi connectivity index (χ3v) is 3.38. The number of ether oxygens (including phenoxy) is 1. The summed E-state index contributed by atoms with van der Waals surface area (Å²) in [6, 6.07) is 4.33. The van der Waals surface area contributed by atoms with Gasteiger partial charge in [0.2, 0.25) is 0 Å². The Balaban J connectivity index is 2.87.